The predicted molar refractivity (Wildman–Crippen MR) is 86.5 cm³/mol. The highest BCUT2D eigenvalue weighted by molar-refractivity contribution is 9.10. The van der Waals surface area contributed by atoms with Crippen LogP contribution in [-0.2, 0) is 10.0 Å². The normalized spacial score (nSPS) is 21.3. The summed E-state index contributed by atoms with van der Waals surface area (Å²) < 4.78 is 32.5. The van der Waals surface area contributed by atoms with Crippen molar-refractivity contribution in [1.82, 2.24) is 5.16 Å². The van der Waals surface area contributed by atoms with Gasteiger partial charge in [-0.05, 0) is 43.1 Å². The SMILES string of the molecule is CC(C)=CC1(S(=O)(=O)Nc2noc(C)c2Br)C=CC=CC1. The first kappa shape index (κ1) is 16.0. The highest BCUT2D eigenvalue weighted by Crippen LogP contribution is 2.34. The topological polar surface area (TPSA) is 72.2 Å². The maximum atomic E-state index is 12.8. The van der Waals surface area contributed by atoms with Crippen molar-refractivity contribution in [3.63, 3.8) is 0 Å². The van der Waals surface area contributed by atoms with Gasteiger partial charge >= 0.3 is 0 Å². The van der Waals surface area contributed by atoms with Crippen LogP contribution in [-0.4, -0.2) is 18.3 Å². The quantitative estimate of drug-likeness (QED) is 0.817. The summed E-state index contributed by atoms with van der Waals surface area (Å²) in [7, 11) is -3.72. The lowest BCUT2D eigenvalue weighted by Crippen LogP contribution is -2.40. The number of hydrogen-bond acceptors (Lipinski definition) is 4. The molecule has 21 heavy (non-hydrogen) atoms. The Hall–Kier alpha value is -1.34. The van der Waals surface area contributed by atoms with Crippen molar-refractivity contribution in [2.45, 2.75) is 31.9 Å². The lowest BCUT2D eigenvalue weighted by Gasteiger charge is -2.28. The summed E-state index contributed by atoms with van der Waals surface area (Å²) in [5, 5.41) is 3.73. The van der Waals surface area contributed by atoms with Crippen molar-refractivity contribution in [3.05, 3.63) is 46.2 Å². The Morgan fingerprint density at radius 3 is 2.67 bits per heavy atom. The van der Waals surface area contributed by atoms with Crippen molar-refractivity contribution in [3.8, 4) is 0 Å². The number of nitrogens with one attached hydrogen (secondary N) is 1. The average Bonchev–Trinajstić information content (AvgIpc) is 2.70. The summed E-state index contributed by atoms with van der Waals surface area (Å²) in [5.74, 6) is 0.681. The van der Waals surface area contributed by atoms with Crippen LogP contribution < -0.4 is 4.72 Å². The number of aryl methyl sites for hydroxylation is 1. The first-order chi connectivity index (χ1) is 9.77. The summed E-state index contributed by atoms with van der Waals surface area (Å²) >= 11 is 3.26. The van der Waals surface area contributed by atoms with E-state index >= 15 is 0 Å². The Kier molecular flexibility index (Phi) is 4.43. The first-order valence-electron chi connectivity index (χ1n) is 6.42. The zero-order chi connectivity index (χ0) is 15.7. The molecular weight excluding hydrogens is 356 g/mol. The van der Waals surface area contributed by atoms with Gasteiger partial charge in [-0.2, -0.15) is 0 Å². The molecule has 1 N–H and O–H groups in total. The maximum absolute atomic E-state index is 12.8. The Balaban J connectivity index is 2.44. The predicted octanol–water partition coefficient (Wildman–Crippen LogP) is 3.71. The zero-order valence-corrected chi connectivity index (χ0v) is 14.5. The van der Waals surface area contributed by atoms with Gasteiger partial charge in [-0.1, -0.05) is 41.1 Å². The number of nitrogens with zero attached hydrogens (tertiary/aromatic N) is 1. The minimum absolute atomic E-state index is 0.164. The molecule has 7 heteroatoms. The van der Waals surface area contributed by atoms with Crippen molar-refractivity contribution in [1.29, 1.82) is 0 Å². The van der Waals surface area contributed by atoms with Crippen molar-refractivity contribution >= 4 is 31.8 Å². The molecule has 0 spiro atoms. The number of anilines is 1. The van der Waals surface area contributed by atoms with Crippen LogP contribution in [0.5, 0.6) is 0 Å². The summed E-state index contributed by atoms with van der Waals surface area (Å²) in [4.78, 5) is 0. The average molecular weight is 373 g/mol. The molecule has 1 aromatic heterocycles. The largest absolute Gasteiger partial charge is 0.358 e. The molecule has 1 aliphatic rings. The molecule has 0 aliphatic heterocycles. The van der Waals surface area contributed by atoms with Crippen LogP contribution >= 0.6 is 15.9 Å². The van der Waals surface area contributed by atoms with Gasteiger partial charge in [-0.15, -0.1) is 0 Å². The number of aromatic nitrogens is 1. The van der Waals surface area contributed by atoms with E-state index in [-0.39, 0.29) is 5.82 Å². The molecule has 0 saturated carbocycles. The maximum Gasteiger partial charge on any atom is 0.247 e. The third-order valence-corrected chi connectivity index (χ3v) is 5.93. The van der Waals surface area contributed by atoms with Crippen LogP contribution in [0.25, 0.3) is 0 Å². The molecular formula is C14H17BrN2O3S. The number of rotatable bonds is 4. The van der Waals surface area contributed by atoms with E-state index in [1.165, 1.54) is 0 Å². The van der Waals surface area contributed by atoms with E-state index in [0.717, 1.165) is 5.57 Å². The summed E-state index contributed by atoms with van der Waals surface area (Å²) in [6, 6.07) is 0. The monoisotopic (exact) mass is 372 g/mol. The molecule has 1 unspecified atom stereocenters. The van der Waals surface area contributed by atoms with Crippen molar-refractivity contribution in [2.24, 2.45) is 0 Å². The van der Waals surface area contributed by atoms with Crippen LogP contribution in [0.2, 0.25) is 0 Å². The summed E-state index contributed by atoms with van der Waals surface area (Å²) in [6.07, 6.45) is 9.22. The molecule has 0 bridgehead atoms. The minimum atomic E-state index is -3.72. The van der Waals surface area contributed by atoms with E-state index in [1.54, 1.807) is 25.2 Å². The molecule has 0 saturated heterocycles. The molecule has 1 aromatic rings. The van der Waals surface area contributed by atoms with Crippen LogP contribution in [0.3, 0.4) is 0 Å². The van der Waals surface area contributed by atoms with E-state index in [9.17, 15) is 8.42 Å². The molecule has 114 valence electrons. The highest BCUT2D eigenvalue weighted by Gasteiger charge is 2.40. The molecule has 1 heterocycles. The number of hydrogen-bond donors (Lipinski definition) is 1. The van der Waals surface area contributed by atoms with Gasteiger partial charge < -0.3 is 4.52 Å². The third kappa shape index (κ3) is 3.13. The standard InChI is InChI=1S/C14H17BrN2O3S/c1-10(2)9-14(7-5-4-6-8-14)21(18,19)17-13-12(15)11(3)20-16-13/h4-7,9H,8H2,1-3H3,(H,16,17). The molecule has 0 aromatic carbocycles. The van der Waals surface area contributed by atoms with Gasteiger partial charge in [-0.25, -0.2) is 8.42 Å². The van der Waals surface area contributed by atoms with Gasteiger partial charge in [0.25, 0.3) is 0 Å². The molecule has 1 atom stereocenters. The van der Waals surface area contributed by atoms with Crippen LogP contribution in [0.1, 0.15) is 26.0 Å². The van der Waals surface area contributed by atoms with Gasteiger partial charge in [-0.3, -0.25) is 4.72 Å². The van der Waals surface area contributed by atoms with Crippen LogP contribution in [0, 0.1) is 6.92 Å². The molecule has 1 aliphatic carbocycles. The smallest absolute Gasteiger partial charge is 0.247 e. The lowest BCUT2D eigenvalue weighted by molar-refractivity contribution is 0.399. The highest BCUT2D eigenvalue weighted by atomic mass is 79.9. The molecule has 5 nitrogen and oxygen atoms in total. The van der Waals surface area contributed by atoms with Gasteiger partial charge in [0, 0.05) is 0 Å². The second-order valence-electron chi connectivity index (χ2n) is 5.17. The molecule has 2 rings (SSSR count). The molecule has 0 radical (unpaired) electrons. The van der Waals surface area contributed by atoms with Crippen molar-refractivity contribution in [2.75, 3.05) is 4.72 Å². The van der Waals surface area contributed by atoms with E-state index in [1.807, 2.05) is 26.0 Å². The van der Waals surface area contributed by atoms with E-state index in [4.69, 9.17) is 4.52 Å². The minimum Gasteiger partial charge on any atom is -0.358 e. The van der Waals surface area contributed by atoms with Crippen LogP contribution in [0.15, 0.2) is 44.9 Å². The van der Waals surface area contributed by atoms with Crippen molar-refractivity contribution < 1.29 is 12.9 Å². The Bertz CT molecular complexity index is 727. The Labute approximate surface area is 133 Å². The summed E-state index contributed by atoms with van der Waals surface area (Å²) in [6.45, 7) is 5.45. The third-order valence-electron chi connectivity index (χ3n) is 3.12. The van der Waals surface area contributed by atoms with Crippen LogP contribution in [0.4, 0.5) is 5.82 Å². The fraction of sp³-hybridized carbons (Fsp3) is 0.357. The fourth-order valence-electron chi connectivity index (χ4n) is 2.14. The first-order valence-corrected chi connectivity index (χ1v) is 8.69. The molecule has 0 fully saturated rings. The Morgan fingerprint density at radius 2 is 2.19 bits per heavy atom. The molecule has 0 amide bonds. The zero-order valence-electron chi connectivity index (χ0n) is 12.1. The second-order valence-corrected chi connectivity index (χ2v) is 7.94. The lowest BCUT2D eigenvalue weighted by atomic mass is 9.97. The number of halogens is 1. The number of allylic oxidation sites excluding steroid dienone is 4. The van der Waals surface area contributed by atoms with Gasteiger partial charge in [0.15, 0.2) is 5.82 Å². The Morgan fingerprint density at radius 1 is 1.48 bits per heavy atom. The van der Waals surface area contributed by atoms with Gasteiger partial charge in [0.2, 0.25) is 10.0 Å². The van der Waals surface area contributed by atoms with Gasteiger partial charge in [0.1, 0.15) is 15.0 Å². The number of sulfonamides is 1. The van der Waals surface area contributed by atoms with E-state index in [2.05, 4.69) is 25.8 Å². The fourth-order valence-corrected chi connectivity index (χ4v) is 4.06. The second kappa shape index (κ2) is 5.81. The van der Waals surface area contributed by atoms with E-state index in [0.29, 0.717) is 16.7 Å². The van der Waals surface area contributed by atoms with Gasteiger partial charge in [0.05, 0.1) is 0 Å². The summed E-state index contributed by atoms with van der Waals surface area (Å²) in [5.41, 5.74) is 0.927. The van der Waals surface area contributed by atoms with E-state index < -0.39 is 14.8 Å².